The molecule has 2 amide bonds. The van der Waals surface area contributed by atoms with E-state index in [1.54, 1.807) is 31.7 Å². The molecule has 2 unspecified atom stereocenters. The summed E-state index contributed by atoms with van der Waals surface area (Å²) in [5.74, 6) is -0.908. The predicted octanol–water partition coefficient (Wildman–Crippen LogP) is 8.10. The summed E-state index contributed by atoms with van der Waals surface area (Å²) < 4.78 is 49.3. The Morgan fingerprint density at radius 1 is 1.00 bits per heavy atom. The number of halogens is 3. The minimum atomic E-state index is -0.764. The van der Waals surface area contributed by atoms with Crippen LogP contribution in [0.3, 0.4) is 0 Å². The Bertz CT molecular complexity index is 2020. The molecule has 12 nitrogen and oxygen atoms in total. The highest BCUT2D eigenvalue weighted by molar-refractivity contribution is 7.22. The van der Waals surface area contributed by atoms with Crippen molar-refractivity contribution >= 4 is 67.2 Å². The average Bonchev–Trinajstić information content (AvgIpc) is 3.47. The molecule has 3 fully saturated rings. The van der Waals surface area contributed by atoms with Crippen LogP contribution in [0.1, 0.15) is 60.8 Å². The Balaban J connectivity index is 1.42. The molecule has 5 heterocycles. The Kier molecular flexibility index (Phi) is 10.4. The van der Waals surface area contributed by atoms with Crippen LogP contribution < -0.4 is 15.0 Å². The number of piperidine rings is 2. The molecule has 3 saturated heterocycles. The molecule has 0 saturated carbocycles. The van der Waals surface area contributed by atoms with Crippen molar-refractivity contribution in [3.8, 4) is 17.1 Å². The molecule has 16 heteroatoms. The number of piperazine rings is 1. The van der Waals surface area contributed by atoms with Gasteiger partial charge in [0.1, 0.15) is 28.4 Å². The molecular formula is C36H44ClF2N7O5S. The molecule has 3 aliphatic heterocycles. The summed E-state index contributed by atoms with van der Waals surface area (Å²) >= 11 is 7.80. The van der Waals surface area contributed by atoms with Crippen LogP contribution in [-0.4, -0.2) is 101 Å². The Morgan fingerprint density at radius 3 is 2.37 bits per heavy atom. The predicted molar refractivity (Wildman–Crippen MR) is 199 cm³/mol. The van der Waals surface area contributed by atoms with E-state index in [4.69, 9.17) is 30.8 Å². The zero-order valence-corrected chi connectivity index (χ0v) is 32.2. The van der Waals surface area contributed by atoms with Crippen molar-refractivity contribution in [2.75, 3.05) is 50.6 Å². The number of hydrogen-bond acceptors (Lipinski definition) is 11. The van der Waals surface area contributed by atoms with Crippen molar-refractivity contribution in [3.63, 3.8) is 0 Å². The second-order valence-electron chi connectivity index (χ2n) is 15.4. The number of aromatic nitrogens is 3. The SMILES string of the molecule is CN(C)CCCOc1nc(N2CC3CCC2CN3C(=O)OC(C)(C)C)c2cc(Cl)c(-c3ccc(F)c4sc(NC(=O)OC(C)(C)C)nc34)c(F)c2n1. The molecule has 280 valence electrons. The molecule has 0 aliphatic carbocycles. The van der Waals surface area contributed by atoms with Gasteiger partial charge in [0.05, 0.1) is 27.9 Å². The normalized spacial score (nSPS) is 17.7. The van der Waals surface area contributed by atoms with Gasteiger partial charge in [0.15, 0.2) is 10.9 Å². The average molecular weight is 760 g/mol. The van der Waals surface area contributed by atoms with Crippen LogP contribution in [0, 0.1) is 11.6 Å². The molecule has 3 aliphatic rings. The largest absolute Gasteiger partial charge is 0.463 e. The first-order valence-corrected chi connectivity index (χ1v) is 18.4. The minimum Gasteiger partial charge on any atom is -0.463 e. The van der Waals surface area contributed by atoms with E-state index >= 15 is 8.78 Å². The lowest BCUT2D eigenvalue weighted by Crippen LogP contribution is -2.64. The third kappa shape index (κ3) is 8.11. The maximum absolute atomic E-state index is 17.0. The fraction of sp³-hybridized carbons (Fsp3) is 0.528. The first-order chi connectivity index (χ1) is 24.4. The number of carbonyl (C=O) groups excluding carboxylic acids is 2. The molecule has 2 bridgehead atoms. The Hall–Kier alpha value is -4.08. The van der Waals surface area contributed by atoms with Gasteiger partial charge in [-0.15, -0.1) is 0 Å². The lowest BCUT2D eigenvalue weighted by molar-refractivity contribution is 0.000780. The molecule has 1 N–H and O–H groups in total. The van der Waals surface area contributed by atoms with Gasteiger partial charge in [-0.1, -0.05) is 22.9 Å². The fourth-order valence-electron chi connectivity index (χ4n) is 6.49. The number of nitrogens with zero attached hydrogens (tertiary/aromatic N) is 6. The van der Waals surface area contributed by atoms with Gasteiger partial charge in [0.25, 0.3) is 0 Å². The smallest absolute Gasteiger partial charge is 0.413 e. The van der Waals surface area contributed by atoms with Crippen molar-refractivity contribution in [3.05, 3.63) is 34.9 Å². The number of amides is 2. The molecular weight excluding hydrogens is 716 g/mol. The van der Waals surface area contributed by atoms with Gasteiger partial charge >= 0.3 is 18.2 Å². The van der Waals surface area contributed by atoms with E-state index in [2.05, 4.69) is 20.2 Å². The highest BCUT2D eigenvalue weighted by Gasteiger charge is 2.44. The number of ether oxygens (including phenoxy) is 3. The Labute approximate surface area is 310 Å². The van der Waals surface area contributed by atoms with E-state index in [1.807, 2.05) is 39.8 Å². The number of benzene rings is 2. The zero-order chi connectivity index (χ0) is 37.7. The van der Waals surface area contributed by atoms with Crippen LogP contribution >= 0.6 is 22.9 Å². The summed E-state index contributed by atoms with van der Waals surface area (Å²) in [6.07, 6.45) is 1.14. The topological polar surface area (TPSA) is 122 Å². The summed E-state index contributed by atoms with van der Waals surface area (Å²) in [5, 5.41) is 3.02. The summed E-state index contributed by atoms with van der Waals surface area (Å²) in [5.41, 5.74) is -1.13. The Morgan fingerprint density at radius 2 is 1.71 bits per heavy atom. The van der Waals surface area contributed by atoms with E-state index in [9.17, 15) is 9.59 Å². The van der Waals surface area contributed by atoms with E-state index < -0.39 is 28.9 Å². The molecule has 2 aromatic carbocycles. The quantitative estimate of drug-likeness (QED) is 0.176. The second kappa shape index (κ2) is 14.4. The van der Waals surface area contributed by atoms with Crippen molar-refractivity contribution < 1.29 is 32.6 Å². The van der Waals surface area contributed by atoms with Gasteiger partial charge in [-0.3, -0.25) is 5.32 Å². The third-order valence-electron chi connectivity index (χ3n) is 8.63. The lowest BCUT2D eigenvalue weighted by atomic mass is 9.90. The molecule has 2 atom stereocenters. The molecule has 7 rings (SSSR count). The van der Waals surface area contributed by atoms with E-state index in [0.717, 1.165) is 30.7 Å². The van der Waals surface area contributed by atoms with Gasteiger partial charge in [0, 0.05) is 42.2 Å². The highest BCUT2D eigenvalue weighted by Crippen LogP contribution is 2.44. The summed E-state index contributed by atoms with van der Waals surface area (Å²) in [6.45, 7) is 12.6. The van der Waals surface area contributed by atoms with Crippen LogP contribution in [-0.2, 0) is 9.47 Å². The summed E-state index contributed by atoms with van der Waals surface area (Å²) in [7, 11) is 3.92. The van der Waals surface area contributed by atoms with Crippen LogP contribution in [0.25, 0.3) is 32.2 Å². The minimum absolute atomic E-state index is 0.000585. The maximum atomic E-state index is 17.0. The molecule has 2 aromatic heterocycles. The number of carbonyl (C=O) groups is 2. The van der Waals surface area contributed by atoms with Crippen LogP contribution in [0.5, 0.6) is 6.01 Å². The molecule has 0 radical (unpaired) electrons. The number of anilines is 2. The van der Waals surface area contributed by atoms with Gasteiger partial charge < -0.3 is 28.9 Å². The fourth-order valence-corrected chi connectivity index (χ4v) is 7.66. The lowest BCUT2D eigenvalue weighted by Gasteiger charge is -2.51. The van der Waals surface area contributed by atoms with Gasteiger partial charge in [-0.25, -0.2) is 23.4 Å². The van der Waals surface area contributed by atoms with Crippen LogP contribution in [0.2, 0.25) is 5.02 Å². The van der Waals surface area contributed by atoms with Crippen molar-refractivity contribution in [2.45, 2.75) is 84.1 Å². The first kappa shape index (κ1) is 37.7. The van der Waals surface area contributed by atoms with Crippen LogP contribution in [0.15, 0.2) is 18.2 Å². The van der Waals surface area contributed by atoms with E-state index in [1.165, 1.54) is 12.1 Å². The van der Waals surface area contributed by atoms with Crippen molar-refractivity contribution in [2.24, 2.45) is 0 Å². The summed E-state index contributed by atoms with van der Waals surface area (Å²) in [6, 6.07) is 3.95. The molecule has 4 aromatic rings. The van der Waals surface area contributed by atoms with E-state index in [-0.39, 0.29) is 61.2 Å². The number of hydrogen-bond donors (Lipinski definition) is 1. The van der Waals surface area contributed by atoms with Crippen LogP contribution in [0.4, 0.5) is 29.3 Å². The maximum Gasteiger partial charge on any atom is 0.413 e. The number of fused-ring (bicyclic) bond motifs is 5. The number of rotatable bonds is 8. The highest BCUT2D eigenvalue weighted by atomic mass is 35.5. The number of nitrogens with one attached hydrogen (secondary N) is 1. The van der Waals surface area contributed by atoms with E-state index in [0.29, 0.717) is 37.3 Å². The third-order valence-corrected chi connectivity index (χ3v) is 9.90. The van der Waals surface area contributed by atoms with Gasteiger partial charge in [0.2, 0.25) is 0 Å². The first-order valence-electron chi connectivity index (χ1n) is 17.2. The molecule has 0 spiro atoms. The monoisotopic (exact) mass is 759 g/mol. The zero-order valence-electron chi connectivity index (χ0n) is 30.6. The summed E-state index contributed by atoms with van der Waals surface area (Å²) in [4.78, 5) is 45.2. The van der Waals surface area contributed by atoms with Crippen molar-refractivity contribution in [1.29, 1.82) is 0 Å². The molecule has 52 heavy (non-hydrogen) atoms. The number of thiazole rings is 1. The van der Waals surface area contributed by atoms with Gasteiger partial charge in [-0.2, -0.15) is 9.97 Å². The van der Waals surface area contributed by atoms with Gasteiger partial charge in [-0.05, 0) is 93.1 Å². The standard InChI is InChI=1S/C36H44ClF2N7O5S/c1-35(2,3)50-33(47)43-32-41-28-21(12-13-24(38)29(28)52-32)25-23(37)16-22-27(26(25)39)40-31(49-15-9-14-44(7)8)42-30(22)45-17-20-11-10-19(45)18-46(20)34(48)51-36(4,5)6/h12-13,16,19-20H,9-11,14-15,17-18H2,1-8H3,(H,41,43,47). The van der Waals surface area contributed by atoms with Crippen molar-refractivity contribution in [1.82, 2.24) is 24.8 Å². The second-order valence-corrected chi connectivity index (χ2v) is 16.8.